The Morgan fingerprint density at radius 3 is 2.53 bits per heavy atom. The molecule has 1 unspecified atom stereocenters. The Balaban J connectivity index is 2.21. The van der Waals surface area contributed by atoms with Crippen molar-refractivity contribution in [2.45, 2.75) is 18.3 Å². The fraction of sp³-hybridized carbons (Fsp3) is 0.267. The van der Waals surface area contributed by atoms with Crippen molar-refractivity contribution in [1.29, 1.82) is 0 Å². The van der Waals surface area contributed by atoms with E-state index in [4.69, 9.17) is 21.1 Å². The summed E-state index contributed by atoms with van der Waals surface area (Å²) >= 11 is 6.06. The molecule has 0 fully saturated rings. The Hall–Kier alpha value is -1.42. The highest BCUT2D eigenvalue weighted by Crippen LogP contribution is 2.50. The van der Waals surface area contributed by atoms with E-state index in [0.717, 1.165) is 11.1 Å². The van der Waals surface area contributed by atoms with Gasteiger partial charge in [-0.2, -0.15) is 0 Å². The first kappa shape index (κ1) is 12.6. The van der Waals surface area contributed by atoms with Crippen molar-refractivity contribution < 1.29 is 14.3 Å². The van der Waals surface area contributed by atoms with Gasteiger partial charge in [-0.05, 0) is 43.4 Å². The lowest BCUT2D eigenvalue weighted by Gasteiger charge is -2.29. The number of allylic oxidation sites excluding steroid dienone is 2. The molecular weight excluding hydrogens is 264 g/mol. The molecule has 0 aromatic heterocycles. The highest BCUT2D eigenvalue weighted by Gasteiger charge is 2.49. The Morgan fingerprint density at radius 2 is 1.89 bits per heavy atom. The zero-order valence-electron chi connectivity index (χ0n) is 10.6. The van der Waals surface area contributed by atoms with Gasteiger partial charge in [-0.3, -0.25) is 4.79 Å². The van der Waals surface area contributed by atoms with Crippen LogP contribution in [0.4, 0.5) is 0 Å². The van der Waals surface area contributed by atoms with E-state index in [0.29, 0.717) is 5.02 Å². The average Bonchev–Trinajstić information content (AvgIpc) is 2.64. The molecular formula is C15H13ClO3. The van der Waals surface area contributed by atoms with Crippen LogP contribution in [0.15, 0.2) is 42.5 Å². The minimum atomic E-state index is -0.880. The molecule has 0 N–H and O–H groups in total. The molecule has 0 saturated heterocycles. The van der Waals surface area contributed by atoms with Gasteiger partial charge in [0.05, 0.1) is 0 Å². The van der Waals surface area contributed by atoms with Crippen LogP contribution in [0.5, 0.6) is 0 Å². The van der Waals surface area contributed by atoms with Gasteiger partial charge in [-0.1, -0.05) is 17.7 Å². The van der Waals surface area contributed by atoms with E-state index < -0.39 is 11.4 Å². The molecule has 1 aromatic rings. The molecule has 0 amide bonds. The second kappa shape index (κ2) is 4.04. The van der Waals surface area contributed by atoms with Gasteiger partial charge in [0.2, 0.25) is 0 Å². The maximum absolute atomic E-state index is 11.3. The highest BCUT2D eigenvalue weighted by atomic mass is 35.5. The van der Waals surface area contributed by atoms with Gasteiger partial charge in [0.1, 0.15) is 5.60 Å². The summed E-state index contributed by atoms with van der Waals surface area (Å²) in [6.07, 6.45) is 6.54. The molecule has 3 nitrogen and oxygen atoms in total. The van der Waals surface area contributed by atoms with Crippen LogP contribution in [0.25, 0.3) is 0 Å². The van der Waals surface area contributed by atoms with Crippen LogP contribution in [-0.4, -0.2) is 12.9 Å². The molecule has 2 aliphatic rings. The molecule has 19 heavy (non-hydrogen) atoms. The Bertz CT molecular complexity index is 602. The maximum Gasteiger partial charge on any atom is 0.193 e. The van der Waals surface area contributed by atoms with Gasteiger partial charge < -0.3 is 9.47 Å². The lowest BCUT2D eigenvalue weighted by molar-refractivity contribution is -0.239. The summed E-state index contributed by atoms with van der Waals surface area (Å²) in [5.41, 5.74) is 1.07. The van der Waals surface area contributed by atoms with Crippen LogP contribution in [0, 0.1) is 0 Å². The summed E-state index contributed by atoms with van der Waals surface area (Å²) in [6, 6.07) is 5.56. The fourth-order valence-corrected chi connectivity index (χ4v) is 2.76. The third-order valence-corrected chi connectivity index (χ3v) is 3.87. The minimum Gasteiger partial charge on any atom is -0.349 e. The molecule has 98 valence electrons. The topological polar surface area (TPSA) is 35.5 Å². The van der Waals surface area contributed by atoms with E-state index in [1.165, 1.54) is 12.2 Å². The normalized spacial score (nSPS) is 27.0. The molecule has 1 atom stereocenters. The predicted octanol–water partition coefficient (Wildman–Crippen LogP) is 3.08. The SMILES string of the molecule is COC1(C)OC2(C=CC(=O)C=C2)c2ccc(Cl)cc21. The van der Waals surface area contributed by atoms with Gasteiger partial charge in [0.25, 0.3) is 0 Å². The molecule has 3 rings (SSSR count). The summed E-state index contributed by atoms with van der Waals surface area (Å²) in [5.74, 6) is -0.925. The Morgan fingerprint density at radius 1 is 1.21 bits per heavy atom. The van der Waals surface area contributed by atoms with Crippen molar-refractivity contribution in [2.75, 3.05) is 7.11 Å². The molecule has 1 spiro atoms. The van der Waals surface area contributed by atoms with Gasteiger partial charge >= 0.3 is 0 Å². The number of hydrogen-bond acceptors (Lipinski definition) is 3. The predicted molar refractivity (Wildman–Crippen MR) is 71.9 cm³/mol. The third-order valence-electron chi connectivity index (χ3n) is 3.64. The number of halogens is 1. The minimum absolute atomic E-state index is 0.0456. The summed E-state index contributed by atoms with van der Waals surface area (Å²) in [4.78, 5) is 11.3. The van der Waals surface area contributed by atoms with Crippen molar-refractivity contribution in [3.05, 3.63) is 58.7 Å². The smallest absolute Gasteiger partial charge is 0.193 e. The van der Waals surface area contributed by atoms with E-state index in [2.05, 4.69) is 0 Å². The zero-order valence-corrected chi connectivity index (χ0v) is 11.4. The monoisotopic (exact) mass is 276 g/mol. The maximum atomic E-state index is 11.3. The quantitative estimate of drug-likeness (QED) is 0.791. The zero-order chi connectivity index (χ0) is 13.7. The molecule has 0 bridgehead atoms. The highest BCUT2D eigenvalue weighted by molar-refractivity contribution is 6.30. The number of ketones is 1. The number of carbonyl (C=O) groups is 1. The molecule has 0 radical (unpaired) electrons. The Kier molecular flexibility index (Phi) is 2.68. The van der Waals surface area contributed by atoms with Crippen molar-refractivity contribution in [3.8, 4) is 0 Å². The van der Waals surface area contributed by atoms with Gasteiger partial charge in [0.15, 0.2) is 11.6 Å². The van der Waals surface area contributed by atoms with Crippen molar-refractivity contribution in [3.63, 3.8) is 0 Å². The standard InChI is InChI=1S/C15H13ClO3/c1-14(18-2)13-9-10(16)3-4-12(13)15(19-14)7-5-11(17)6-8-15/h3-9H,1-2H3. The molecule has 1 aromatic carbocycles. The molecule has 1 aliphatic heterocycles. The Labute approximate surface area is 116 Å². The number of ether oxygens (including phenoxy) is 2. The largest absolute Gasteiger partial charge is 0.349 e. The average molecular weight is 277 g/mol. The van der Waals surface area contributed by atoms with E-state index in [1.54, 1.807) is 19.3 Å². The second-order valence-electron chi connectivity index (χ2n) is 4.80. The lowest BCUT2D eigenvalue weighted by Crippen LogP contribution is -2.30. The number of hydrogen-bond donors (Lipinski definition) is 0. The van der Waals surface area contributed by atoms with Gasteiger partial charge in [0, 0.05) is 23.3 Å². The summed E-state index contributed by atoms with van der Waals surface area (Å²) in [6.45, 7) is 1.84. The number of rotatable bonds is 1. The third kappa shape index (κ3) is 1.77. The van der Waals surface area contributed by atoms with Crippen molar-refractivity contribution in [2.24, 2.45) is 0 Å². The van der Waals surface area contributed by atoms with E-state index in [-0.39, 0.29) is 5.78 Å². The first-order valence-electron chi connectivity index (χ1n) is 5.97. The molecule has 4 heteroatoms. The molecule has 1 heterocycles. The van der Waals surface area contributed by atoms with Crippen LogP contribution in [-0.2, 0) is 25.7 Å². The first-order chi connectivity index (χ1) is 8.99. The fourth-order valence-electron chi connectivity index (χ4n) is 2.59. The summed E-state index contributed by atoms with van der Waals surface area (Å²) in [5, 5.41) is 0.627. The van der Waals surface area contributed by atoms with Crippen molar-refractivity contribution >= 4 is 17.4 Å². The van der Waals surface area contributed by atoms with Crippen LogP contribution >= 0.6 is 11.6 Å². The van der Waals surface area contributed by atoms with Crippen LogP contribution in [0.1, 0.15) is 18.1 Å². The number of fused-ring (bicyclic) bond motifs is 2. The summed E-state index contributed by atoms with van der Waals surface area (Å²) < 4.78 is 11.6. The lowest BCUT2D eigenvalue weighted by atomic mass is 9.87. The number of methoxy groups -OCH3 is 1. The van der Waals surface area contributed by atoms with E-state index >= 15 is 0 Å². The molecule has 1 aliphatic carbocycles. The van der Waals surface area contributed by atoms with Crippen LogP contribution < -0.4 is 0 Å². The first-order valence-corrected chi connectivity index (χ1v) is 6.35. The summed E-state index contributed by atoms with van der Waals surface area (Å²) in [7, 11) is 1.59. The number of carbonyl (C=O) groups excluding carboxylic acids is 1. The van der Waals surface area contributed by atoms with E-state index in [9.17, 15) is 4.79 Å². The van der Waals surface area contributed by atoms with Crippen LogP contribution in [0.3, 0.4) is 0 Å². The van der Waals surface area contributed by atoms with Gasteiger partial charge in [-0.15, -0.1) is 0 Å². The van der Waals surface area contributed by atoms with Gasteiger partial charge in [-0.25, -0.2) is 0 Å². The van der Waals surface area contributed by atoms with E-state index in [1.807, 2.05) is 25.1 Å². The number of benzene rings is 1. The van der Waals surface area contributed by atoms with Crippen LogP contribution in [0.2, 0.25) is 5.02 Å². The van der Waals surface area contributed by atoms with Crippen molar-refractivity contribution in [1.82, 2.24) is 0 Å². The molecule has 0 saturated carbocycles. The second-order valence-corrected chi connectivity index (χ2v) is 5.24.